The predicted molar refractivity (Wildman–Crippen MR) is 203 cm³/mol. The van der Waals surface area contributed by atoms with Crippen molar-refractivity contribution in [1.29, 1.82) is 0 Å². The monoisotopic (exact) mass is 685 g/mol. The average molecular weight is 687 g/mol. The van der Waals surface area contributed by atoms with Crippen molar-refractivity contribution in [2.75, 3.05) is 5.32 Å². The lowest BCUT2D eigenvalue weighted by atomic mass is 9.89. The zero-order chi connectivity index (χ0) is 34.9. The zero-order valence-corrected chi connectivity index (χ0v) is 31.5. The Kier molecular flexibility index (Phi) is 19.0. The Morgan fingerprint density at radius 2 is 1.43 bits per heavy atom. The van der Waals surface area contributed by atoms with E-state index >= 15 is 0 Å². The van der Waals surface area contributed by atoms with Gasteiger partial charge in [0.25, 0.3) is 0 Å². The number of nitrogens with one attached hydrogen (secondary N) is 1. The average Bonchev–Trinajstić information content (AvgIpc) is 3.04. The molecule has 0 saturated heterocycles. The van der Waals surface area contributed by atoms with Gasteiger partial charge in [-0.1, -0.05) is 120 Å². The second-order valence-electron chi connectivity index (χ2n) is 11.5. The van der Waals surface area contributed by atoms with Crippen LogP contribution in [0, 0.1) is 6.92 Å². The Balaban J connectivity index is 0.000000442. The molecule has 0 aliphatic heterocycles. The molecule has 0 aliphatic carbocycles. The number of ether oxygens (including phenoxy) is 1. The minimum Gasteiger partial charge on any atom is -0.483 e. The number of hydrogen-bond donors (Lipinski definition) is 1. The first kappa shape index (κ1) is 41.3. The highest BCUT2D eigenvalue weighted by Gasteiger charge is 2.28. The van der Waals surface area contributed by atoms with Crippen LogP contribution in [0.1, 0.15) is 122 Å². The summed E-state index contributed by atoms with van der Waals surface area (Å²) in [5, 5.41) is 4.76. The minimum absolute atomic E-state index is 0.105. The van der Waals surface area contributed by atoms with E-state index in [0.29, 0.717) is 22.4 Å². The molecule has 3 aromatic rings. The van der Waals surface area contributed by atoms with Gasteiger partial charge in [-0.2, -0.15) is 0 Å². The number of aryl methyl sites for hydroxylation is 1. The summed E-state index contributed by atoms with van der Waals surface area (Å²) in [5.74, 6) is 1.41. The maximum Gasteiger partial charge on any atom is 0.211 e. The molecule has 46 heavy (non-hydrogen) atoms. The van der Waals surface area contributed by atoms with Crippen molar-refractivity contribution in [3.63, 3.8) is 0 Å². The standard InChI is InChI=1S/C22H33ClO.C16H15Cl2NO.C2H6/c1-7-13-22(10-4,14-8-2)24-21-12-11-19(23)16-20(21)18(6)15-17(5)9-3;1-10-3-4-12(17)7-15(10)11(2)14-6-5-13(18)8-16(14)19-9-20;1-2/h9-12,16,18H,4,7-8,13-15H2,1-3,5-6H3;3-9,11H,1-2H3,(H,19,20);1-2H3/b17-9+;;. The van der Waals surface area contributed by atoms with Crippen molar-refractivity contribution in [3.8, 4) is 5.75 Å². The number of carbonyl (C=O) groups excluding carboxylic acids is 1. The van der Waals surface area contributed by atoms with Gasteiger partial charge in [-0.3, -0.25) is 4.79 Å². The zero-order valence-electron chi connectivity index (χ0n) is 29.3. The Bertz CT molecular complexity index is 1410. The first-order chi connectivity index (χ1) is 21.9. The van der Waals surface area contributed by atoms with Crippen molar-refractivity contribution in [1.82, 2.24) is 0 Å². The van der Waals surface area contributed by atoms with Crippen LogP contribution in [0.4, 0.5) is 5.69 Å². The highest BCUT2D eigenvalue weighted by molar-refractivity contribution is 6.31. The van der Waals surface area contributed by atoms with Crippen LogP contribution in [0.25, 0.3) is 0 Å². The van der Waals surface area contributed by atoms with Gasteiger partial charge in [-0.15, -0.1) is 0 Å². The van der Waals surface area contributed by atoms with Gasteiger partial charge in [-0.25, -0.2) is 0 Å². The van der Waals surface area contributed by atoms with Gasteiger partial charge in [0.15, 0.2) is 0 Å². The Hall–Kier alpha value is -2.72. The fraction of sp³-hybridized carbons (Fsp3) is 0.425. The summed E-state index contributed by atoms with van der Waals surface area (Å²) in [7, 11) is 0. The van der Waals surface area contributed by atoms with E-state index in [1.807, 2.05) is 69.3 Å². The Morgan fingerprint density at radius 3 is 1.98 bits per heavy atom. The third kappa shape index (κ3) is 12.5. The molecule has 1 N–H and O–H groups in total. The van der Waals surface area contributed by atoms with Crippen LogP contribution in [-0.2, 0) is 4.79 Å². The lowest BCUT2D eigenvalue weighted by Crippen LogP contribution is -2.33. The van der Waals surface area contributed by atoms with E-state index in [1.54, 1.807) is 6.07 Å². The van der Waals surface area contributed by atoms with Crippen LogP contribution in [0.2, 0.25) is 15.1 Å². The highest BCUT2D eigenvalue weighted by Crippen LogP contribution is 2.38. The largest absolute Gasteiger partial charge is 0.483 e. The molecule has 0 aliphatic rings. The van der Waals surface area contributed by atoms with E-state index in [2.05, 4.69) is 65.6 Å². The molecular weight excluding hydrogens is 633 g/mol. The van der Waals surface area contributed by atoms with Crippen molar-refractivity contribution in [3.05, 3.63) is 116 Å². The molecule has 0 saturated carbocycles. The molecule has 3 aromatic carbocycles. The lowest BCUT2D eigenvalue weighted by molar-refractivity contribution is -0.105. The lowest BCUT2D eigenvalue weighted by Gasteiger charge is -2.33. The minimum atomic E-state index is -0.290. The third-order valence-corrected chi connectivity index (χ3v) is 8.76. The molecule has 0 bridgehead atoms. The summed E-state index contributed by atoms with van der Waals surface area (Å²) in [6.07, 6.45) is 9.93. The van der Waals surface area contributed by atoms with Crippen LogP contribution in [0.3, 0.4) is 0 Å². The van der Waals surface area contributed by atoms with E-state index in [0.717, 1.165) is 65.3 Å². The van der Waals surface area contributed by atoms with Crippen molar-refractivity contribution >= 4 is 46.9 Å². The molecule has 2 atom stereocenters. The van der Waals surface area contributed by atoms with E-state index < -0.39 is 0 Å². The SMILES string of the molecule is C=CC(CCC)(CCC)Oc1ccc(Cl)cc1C(C)C/C(C)=C/C.CC.Cc1ccc(Cl)cc1C(C)c1ccc(Cl)cc1NC=O. The molecule has 0 aromatic heterocycles. The summed E-state index contributed by atoms with van der Waals surface area (Å²) in [4.78, 5) is 10.7. The van der Waals surface area contributed by atoms with Gasteiger partial charge in [-0.05, 0) is 117 Å². The summed E-state index contributed by atoms with van der Waals surface area (Å²) in [6.45, 7) is 23.1. The van der Waals surface area contributed by atoms with Gasteiger partial charge in [0.1, 0.15) is 11.4 Å². The number of carbonyl (C=O) groups is 1. The summed E-state index contributed by atoms with van der Waals surface area (Å²) in [5.41, 5.74) is 6.29. The van der Waals surface area contributed by atoms with Gasteiger partial charge in [0.05, 0.1) is 0 Å². The molecule has 1 amide bonds. The number of amides is 1. The molecule has 3 rings (SSSR count). The van der Waals surface area contributed by atoms with E-state index in [1.165, 1.54) is 11.1 Å². The fourth-order valence-electron chi connectivity index (χ4n) is 5.59. The van der Waals surface area contributed by atoms with Gasteiger partial charge < -0.3 is 10.1 Å². The molecule has 6 heteroatoms. The second-order valence-corrected chi connectivity index (χ2v) is 12.8. The van der Waals surface area contributed by atoms with E-state index in [4.69, 9.17) is 39.5 Å². The number of halogens is 3. The normalized spacial score (nSPS) is 12.5. The first-order valence-electron chi connectivity index (χ1n) is 16.4. The Morgan fingerprint density at radius 1 is 0.891 bits per heavy atom. The quantitative estimate of drug-likeness (QED) is 0.135. The number of rotatable bonds is 14. The topological polar surface area (TPSA) is 38.3 Å². The van der Waals surface area contributed by atoms with Crippen molar-refractivity contribution in [2.24, 2.45) is 0 Å². The molecule has 252 valence electrons. The van der Waals surface area contributed by atoms with Crippen LogP contribution in [-0.4, -0.2) is 12.0 Å². The molecule has 0 spiro atoms. The smallest absolute Gasteiger partial charge is 0.211 e. The van der Waals surface area contributed by atoms with E-state index in [-0.39, 0.29) is 11.5 Å². The maximum atomic E-state index is 10.7. The van der Waals surface area contributed by atoms with Crippen LogP contribution >= 0.6 is 34.8 Å². The van der Waals surface area contributed by atoms with Crippen molar-refractivity contribution in [2.45, 2.75) is 112 Å². The van der Waals surface area contributed by atoms with Crippen LogP contribution < -0.4 is 10.1 Å². The fourth-order valence-corrected chi connectivity index (χ4v) is 6.12. The Labute approximate surface area is 294 Å². The second kappa shape index (κ2) is 21.2. The first-order valence-corrected chi connectivity index (χ1v) is 17.6. The molecule has 0 fully saturated rings. The third-order valence-electron chi connectivity index (χ3n) is 8.06. The van der Waals surface area contributed by atoms with Gasteiger partial charge in [0, 0.05) is 26.7 Å². The number of benzene rings is 3. The number of anilines is 1. The summed E-state index contributed by atoms with van der Waals surface area (Å²) in [6, 6.07) is 17.3. The van der Waals surface area contributed by atoms with Crippen LogP contribution in [0.15, 0.2) is 78.9 Å². The van der Waals surface area contributed by atoms with Gasteiger partial charge in [0.2, 0.25) is 6.41 Å². The highest BCUT2D eigenvalue weighted by atomic mass is 35.5. The summed E-state index contributed by atoms with van der Waals surface area (Å²) >= 11 is 18.3. The molecule has 3 nitrogen and oxygen atoms in total. The van der Waals surface area contributed by atoms with Gasteiger partial charge >= 0.3 is 0 Å². The van der Waals surface area contributed by atoms with E-state index in [9.17, 15) is 4.79 Å². The number of hydrogen-bond acceptors (Lipinski definition) is 2. The van der Waals surface area contributed by atoms with Crippen molar-refractivity contribution < 1.29 is 9.53 Å². The molecular formula is C40H54Cl3NO2. The van der Waals surface area contributed by atoms with Crippen LogP contribution in [0.5, 0.6) is 5.75 Å². The molecule has 0 heterocycles. The predicted octanol–water partition coefficient (Wildman–Crippen LogP) is 13.8. The molecule has 2 unspecified atom stereocenters. The maximum absolute atomic E-state index is 10.7. The number of allylic oxidation sites excluding steroid dienone is 2. The summed E-state index contributed by atoms with van der Waals surface area (Å²) < 4.78 is 6.56. The molecule has 0 radical (unpaired) electrons.